The van der Waals surface area contributed by atoms with Crippen LogP contribution in [0.4, 0.5) is 11.4 Å². The number of nitrogens with one attached hydrogen (secondary N) is 3. The molecular weight excluding hydrogens is 342 g/mol. The van der Waals surface area contributed by atoms with E-state index in [-0.39, 0.29) is 24.2 Å². The molecule has 1 aromatic rings. The fourth-order valence-corrected chi connectivity index (χ4v) is 3.89. The van der Waals surface area contributed by atoms with E-state index in [0.717, 1.165) is 12.8 Å². The van der Waals surface area contributed by atoms with Crippen molar-refractivity contribution < 1.29 is 14.3 Å². The number of hydrogen-bond donors (Lipinski definition) is 3. The van der Waals surface area contributed by atoms with E-state index in [9.17, 15) is 9.59 Å². The smallest absolute Gasteiger partial charge is 0.224 e. The van der Waals surface area contributed by atoms with Crippen LogP contribution < -0.4 is 20.7 Å². The number of ether oxygens (including phenoxy) is 1. The third-order valence-corrected chi connectivity index (χ3v) is 4.84. The van der Waals surface area contributed by atoms with Gasteiger partial charge in [-0.25, -0.2) is 0 Å². The SMILES string of the molecule is COc1ccc(NC(C)=O)cc1NC(=O)CC1CC2CCC(C1)N2.Cl. The van der Waals surface area contributed by atoms with Crippen molar-refractivity contribution in [2.45, 2.75) is 51.1 Å². The first-order chi connectivity index (χ1) is 11.5. The monoisotopic (exact) mass is 367 g/mol. The van der Waals surface area contributed by atoms with Crippen LogP contribution in [0.1, 0.15) is 39.0 Å². The molecule has 6 nitrogen and oxygen atoms in total. The number of fused-ring (bicyclic) bond motifs is 2. The summed E-state index contributed by atoms with van der Waals surface area (Å²) < 4.78 is 5.30. The van der Waals surface area contributed by atoms with Crippen LogP contribution in [-0.2, 0) is 9.59 Å². The average molecular weight is 368 g/mol. The molecule has 2 fully saturated rings. The van der Waals surface area contributed by atoms with Gasteiger partial charge in [-0.2, -0.15) is 0 Å². The van der Waals surface area contributed by atoms with E-state index in [1.165, 1.54) is 19.8 Å². The standard InChI is InChI=1S/C18H25N3O3.ClH/c1-11(22)19-15-5-6-17(24-2)16(10-15)21-18(23)9-12-7-13-3-4-14(8-12)20-13;/h5-6,10,12-14,20H,3-4,7-9H2,1-2H3,(H,19,22)(H,21,23);1H. The van der Waals surface area contributed by atoms with Crippen LogP contribution in [0.25, 0.3) is 0 Å². The number of hydrogen-bond acceptors (Lipinski definition) is 4. The minimum Gasteiger partial charge on any atom is -0.495 e. The zero-order valence-electron chi connectivity index (χ0n) is 14.6. The van der Waals surface area contributed by atoms with Crippen molar-refractivity contribution in [3.8, 4) is 5.75 Å². The highest BCUT2D eigenvalue weighted by molar-refractivity contribution is 5.95. The lowest BCUT2D eigenvalue weighted by Crippen LogP contribution is -2.39. The van der Waals surface area contributed by atoms with Crippen molar-refractivity contribution >= 4 is 35.6 Å². The van der Waals surface area contributed by atoms with Gasteiger partial charge in [0.25, 0.3) is 0 Å². The van der Waals surface area contributed by atoms with E-state index in [2.05, 4.69) is 16.0 Å². The summed E-state index contributed by atoms with van der Waals surface area (Å²) in [5.74, 6) is 0.873. The lowest BCUT2D eigenvalue weighted by Gasteiger charge is -2.28. The fourth-order valence-electron chi connectivity index (χ4n) is 3.89. The second-order valence-corrected chi connectivity index (χ2v) is 6.82. The minimum absolute atomic E-state index is 0. The second-order valence-electron chi connectivity index (χ2n) is 6.82. The van der Waals surface area contributed by atoms with E-state index in [0.29, 0.717) is 41.5 Å². The molecule has 3 N–H and O–H groups in total. The van der Waals surface area contributed by atoms with Crippen molar-refractivity contribution in [2.75, 3.05) is 17.7 Å². The van der Waals surface area contributed by atoms with Gasteiger partial charge in [0.1, 0.15) is 5.75 Å². The van der Waals surface area contributed by atoms with Crippen LogP contribution >= 0.6 is 12.4 Å². The molecule has 1 aromatic carbocycles. The first kappa shape index (κ1) is 19.5. The molecule has 2 aliphatic heterocycles. The summed E-state index contributed by atoms with van der Waals surface area (Å²) in [4.78, 5) is 23.6. The summed E-state index contributed by atoms with van der Waals surface area (Å²) in [5, 5.41) is 9.25. The molecule has 0 aromatic heterocycles. The molecule has 2 unspecified atom stereocenters. The molecule has 2 bridgehead atoms. The van der Waals surface area contributed by atoms with Gasteiger partial charge < -0.3 is 20.7 Å². The van der Waals surface area contributed by atoms with Gasteiger partial charge in [0, 0.05) is 31.1 Å². The van der Waals surface area contributed by atoms with Crippen LogP contribution in [0.2, 0.25) is 0 Å². The third-order valence-electron chi connectivity index (χ3n) is 4.84. The van der Waals surface area contributed by atoms with Gasteiger partial charge in [0.05, 0.1) is 12.8 Å². The first-order valence-electron chi connectivity index (χ1n) is 8.55. The highest BCUT2D eigenvalue weighted by atomic mass is 35.5. The normalized spacial score (nSPS) is 24.2. The molecule has 2 heterocycles. The van der Waals surface area contributed by atoms with Gasteiger partial charge in [0.15, 0.2) is 0 Å². The molecule has 2 amide bonds. The predicted molar refractivity (Wildman–Crippen MR) is 100 cm³/mol. The number of methoxy groups -OCH3 is 1. The summed E-state index contributed by atoms with van der Waals surface area (Å²) in [6.07, 6.45) is 5.15. The molecule has 138 valence electrons. The second kappa shape index (κ2) is 8.54. The summed E-state index contributed by atoms with van der Waals surface area (Å²) in [5.41, 5.74) is 1.23. The van der Waals surface area contributed by atoms with Crippen molar-refractivity contribution in [3.63, 3.8) is 0 Å². The highest BCUT2D eigenvalue weighted by Gasteiger charge is 2.34. The lowest BCUT2D eigenvalue weighted by molar-refractivity contribution is -0.117. The van der Waals surface area contributed by atoms with Crippen LogP contribution in [0, 0.1) is 5.92 Å². The Morgan fingerprint density at radius 3 is 2.48 bits per heavy atom. The number of halogens is 1. The summed E-state index contributed by atoms with van der Waals surface area (Å²) in [7, 11) is 1.56. The Hall–Kier alpha value is -1.79. The molecule has 3 rings (SSSR count). The molecule has 0 saturated carbocycles. The third kappa shape index (κ3) is 5.09. The van der Waals surface area contributed by atoms with Gasteiger partial charge in [-0.3, -0.25) is 9.59 Å². The summed E-state index contributed by atoms with van der Waals surface area (Å²) in [6, 6.07) is 6.38. The Bertz CT molecular complexity index is 626. The van der Waals surface area contributed by atoms with Gasteiger partial charge in [-0.05, 0) is 49.8 Å². The van der Waals surface area contributed by atoms with Crippen molar-refractivity contribution in [2.24, 2.45) is 5.92 Å². The van der Waals surface area contributed by atoms with E-state index in [4.69, 9.17) is 4.74 Å². The van der Waals surface area contributed by atoms with E-state index < -0.39 is 0 Å². The fraction of sp³-hybridized carbons (Fsp3) is 0.556. The first-order valence-corrected chi connectivity index (χ1v) is 8.55. The number of benzene rings is 1. The molecule has 0 spiro atoms. The molecular formula is C18H26ClN3O3. The Morgan fingerprint density at radius 1 is 1.20 bits per heavy atom. The van der Waals surface area contributed by atoms with Crippen LogP contribution in [-0.4, -0.2) is 31.0 Å². The van der Waals surface area contributed by atoms with Crippen LogP contribution in [0.5, 0.6) is 5.75 Å². The molecule has 7 heteroatoms. The zero-order valence-corrected chi connectivity index (χ0v) is 15.4. The van der Waals surface area contributed by atoms with E-state index in [1.807, 2.05) is 0 Å². The average Bonchev–Trinajstić information content (AvgIpc) is 2.85. The number of amides is 2. The van der Waals surface area contributed by atoms with Crippen molar-refractivity contribution in [3.05, 3.63) is 18.2 Å². The predicted octanol–water partition coefficient (Wildman–Crippen LogP) is 2.93. The zero-order chi connectivity index (χ0) is 17.1. The molecule has 2 saturated heterocycles. The van der Waals surface area contributed by atoms with Crippen LogP contribution in [0.3, 0.4) is 0 Å². The minimum atomic E-state index is -0.150. The molecule has 2 aliphatic rings. The van der Waals surface area contributed by atoms with Crippen LogP contribution in [0.15, 0.2) is 18.2 Å². The Kier molecular flexibility index (Phi) is 6.67. The maximum Gasteiger partial charge on any atom is 0.224 e. The molecule has 0 radical (unpaired) electrons. The lowest BCUT2D eigenvalue weighted by atomic mass is 9.89. The Morgan fingerprint density at radius 2 is 1.88 bits per heavy atom. The van der Waals surface area contributed by atoms with Gasteiger partial charge in [-0.15, -0.1) is 12.4 Å². The van der Waals surface area contributed by atoms with Gasteiger partial charge in [0.2, 0.25) is 11.8 Å². The largest absolute Gasteiger partial charge is 0.495 e. The molecule has 0 aliphatic carbocycles. The Balaban J connectivity index is 0.00000225. The number of anilines is 2. The van der Waals surface area contributed by atoms with Crippen molar-refractivity contribution in [1.29, 1.82) is 0 Å². The quantitative estimate of drug-likeness (QED) is 0.747. The molecule has 25 heavy (non-hydrogen) atoms. The van der Waals surface area contributed by atoms with Crippen molar-refractivity contribution in [1.82, 2.24) is 5.32 Å². The van der Waals surface area contributed by atoms with E-state index in [1.54, 1.807) is 25.3 Å². The summed E-state index contributed by atoms with van der Waals surface area (Å²) in [6.45, 7) is 1.45. The summed E-state index contributed by atoms with van der Waals surface area (Å²) >= 11 is 0. The number of carbonyl (C=O) groups is 2. The number of rotatable bonds is 5. The molecule has 2 atom stereocenters. The highest BCUT2D eigenvalue weighted by Crippen LogP contribution is 2.33. The number of carbonyl (C=O) groups excluding carboxylic acids is 2. The maximum atomic E-state index is 12.4. The topological polar surface area (TPSA) is 79.5 Å². The van der Waals surface area contributed by atoms with E-state index >= 15 is 0 Å². The van der Waals surface area contributed by atoms with Gasteiger partial charge >= 0.3 is 0 Å². The van der Waals surface area contributed by atoms with Gasteiger partial charge in [-0.1, -0.05) is 0 Å². The maximum absolute atomic E-state index is 12.4. The Labute approximate surface area is 154 Å². The number of piperidine rings is 1.